The molecule has 0 aliphatic heterocycles. The Morgan fingerprint density at radius 2 is 0.562 bits per heavy atom. The summed E-state index contributed by atoms with van der Waals surface area (Å²) in [6.45, 7) is 25.4. The Morgan fingerprint density at radius 1 is 0.222 bits per heavy atom. The summed E-state index contributed by atoms with van der Waals surface area (Å²) in [4.78, 5) is 36.7. The van der Waals surface area contributed by atoms with E-state index in [0.29, 0.717) is 46.5 Å². The van der Waals surface area contributed by atoms with Crippen LogP contribution in [-0.2, 0) is 106 Å². The van der Waals surface area contributed by atoms with Crippen molar-refractivity contribution in [1.29, 1.82) is 0 Å². The van der Waals surface area contributed by atoms with Crippen LogP contribution >= 0.6 is 0 Å². The summed E-state index contributed by atoms with van der Waals surface area (Å²) in [5.74, 6) is 4.78. The molecule has 712 valence electrons. The van der Waals surface area contributed by atoms with Crippen LogP contribution in [0.1, 0.15) is 140 Å². The molecule has 8 heterocycles. The van der Waals surface area contributed by atoms with Crippen molar-refractivity contribution in [3.05, 3.63) is 525 Å². The van der Waals surface area contributed by atoms with Crippen LogP contribution < -0.4 is 18.9 Å². The van der Waals surface area contributed by atoms with E-state index in [9.17, 15) is 0 Å². The van der Waals surface area contributed by atoms with Gasteiger partial charge in [-0.1, -0.05) is 166 Å². The second-order valence-electron chi connectivity index (χ2n) is 36.9. The van der Waals surface area contributed by atoms with Crippen molar-refractivity contribution in [1.82, 2.24) is 39.9 Å². The quantitative estimate of drug-likeness (QED) is 0.0851. The number of ether oxygens (including phenoxy) is 4. The second-order valence-corrected chi connectivity index (χ2v) is 36.9. The van der Waals surface area contributed by atoms with E-state index in [2.05, 4.69) is 299 Å². The SMILES string of the molecule is Cc1ccc(C2(C)c3[c-]c(-c4[c-]c(Oc5cc(C)ccn5)ccc4)ccc3-c3ccccc32)nc1.Cc1ccnc(C2(C)c3[c-]c(-c4[c-]c(Oc5ncccc5C)ccc4)ccc3-c3ccccc32)c1.Cc1ccnc(Oc2[c-]c(-c3[c-]c4c(cc3)-c3ccccc3C4(C)c3cccc(C)n3)ccc2)c1.Cc1ccnc(Oc2[c-]c(-c3[c-]c4c(cc3)-c3ccccc3C4(C)c3ncccc3C)ccc2)c1.[Pt+2].[Pt+2].[Pt+2].[Pt+2]. The fourth-order valence-electron chi connectivity index (χ4n) is 20.1. The van der Waals surface area contributed by atoms with Gasteiger partial charge in [0, 0.05) is 117 Å². The summed E-state index contributed by atoms with van der Waals surface area (Å²) in [5, 5.41) is 0. The standard InChI is InChI=1S/4C32H24N2O.4Pt/c1-21-15-17-33-30(18-21)35-25-10-6-9-23(19-25)24-13-14-27-26-11-4-5-12-28(26)32(3,29(27)20-24)31-22(2)8-7-16-34-31;1-21-15-17-33-30(18-21)32(3)28-12-5-4-11-26(28)27-14-13-24(20-29(27)32)23-9-6-10-25(19-23)35-31-22(2)8-7-16-34-31;1-21-16-17-33-31(18-21)35-25-10-7-9-23(19-25)24-14-15-27-26-11-4-5-12-28(26)32(3,29(27)20-24)30-13-6-8-22(2)34-30;1-21-15-16-33-31(17-21)35-25-8-6-7-23(18-25)24-12-13-27-26-9-4-5-10-28(26)32(3,29(27)19-24)30-14-11-22(2)20-34-30;;;;/h3*4-18H,1-3H3;4-17,20H,1-3H3;;;;/q4*-2;4*+2. The number of pyridine rings is 8. The number of aromatic nitrogens is 8. The number of aryl methyl sites for hydroxylation is 8. The topological polar surface area (TPSA) is 140 Å². The van der Waals surface area contributed by atoms with E-state index in [1.54, 1.807) is 24.8 Å². The van der Waals surface area contributed by atoms with Crippen molar-refractivity contribution < 1.29 is 103 Å². The van der Waals surface area contributed by atoms with Gasteiger partial charge >= 0.3 is 84.3 Å². The molecule has 0 radical (unpaired) electrons. The van der Waals surface area contributed by atoms with E-state index in [0.717, 1.165) is 123 Å². The molecule has 0 saturated heterocycles. The van der Waals surface area contributed by atoms with Crippen LogP contribution in [-0.4, -0.2) is 39.9 Å². The first kappa shape index (κ1) is 101. The molecule has 4 aliphatic carbocycles. The second kappa shape index (κ2) is 42.8. The van der Waals surface area contributed by atoms with Crippen LogP contribution in [0.4, 0.5) is 0 Å². The predicted molar refractivity (Wildman–Crippen MR) is 554 cm³/mol. The van der Waals surface area contributed by atoms with Gasteiger partial charge < -0.3 is 18.9 Å². The molecule has 0 fully saturated rings. The maximum atomic E-state index is 6.05. The monoisotopic (exact) mass is 2590 g/mol. The fraction of sp³-hybridized carbons (Fsp3) is 0.125. The minimum atomic E-state index is -0.396. The maximum absolute atomic E-state index is 6.05. The molecule has 12 aromatic carbocycles. The maximum Gasteiger partial charge on any atom is 2.00 e. The van der Waals surface area contributed by atoms with Gasteiger partial charge in [-0.15, -0.1) is 95.1 Å². The minimum absolute atomic E-state index is 0. The van der Waals surface area contributed by atoms with Gasteiger partial charge in [-0.2, -0.15) is 97.1 Å². The van der Waals surface area contributed by atoms with Crippen LogP contribution in [0.3, 0.4) is 0 Å². The van der Waals surface area contributed by atoms with E-state index in [1.165, 1.54) is 77.9 Å². The van der Waals surface area contributed by atoms with Gasteiger partial charge in [-0.25, -0.2) is 64.4 Å². The summed E-state index contributed by atoms with van der Waals surface area (Å²) < 4.78 is 24.0. The molecule has 4 unspecified atom stereocenters. The Labute approximate surface area is 900 Å². The van der Waals surface area contributed by atoms with Gasteiger partial charge in [0.25, 0.3) is 0 Å². The van der Waals surface area contributed by atoms with E-state index in [-0.39, 0.29) is 84.3 Å². The molecule has 8 aromatic heterocycles. The molecule has 4 atom stereocenters. The predicted octanol–water partition coefficient (Wildman–Crippen LogP) is 29.9. The van der Waals surface area contributed by atoms with E-state index < -0.39 is 21.7 Å². The Hall–Kier alpha value is -14.2. The van der Waals surface area contributed by atoms with Crippen LogP contribution in [0, 0.1) is 104 Å². The summed E-state index contributed by atoms with van der Waals surface area (Å²) in [6.07, 6.45) is 12.7. The Bertz CT molecular complexity index is 8200. The summed E-state index contributed by atoms with van der Waals surface area (Å²) >= 11 is 0. The number of hydrogen-bond acceptors (Lipinski definition) is 12. The fourth-order valence-corrected chi connectivity index (χ4v) is 20.1. The number of benzene rings is 12. The molecule has 0 N–H and O–H groups in total. The summed E-state index contributed by atoms with van der Waals surface area (Å²) in [7, 11) is 0. The molecule has 24 rings (SSSR count). The Balaban J connectivity index is 0.000000130. The van der Waals surface area contributed by atoms with Crippen LogP contribution in [0.2, 0.25) is 0 Å². The average molecular weight is 2590 g/mol. The zero-order valence-corrected chi connectivity index (χ0v) is 90.2. The first-order valence-electron chi connectivity index (χ1n) is 47.0. The molecule has 0 saturated carbocycles. The van der Waals surface area contributed by atoms with Gasteiger partial charge in [0.1, 0.15) is 0 Å². The minimum Gasteiger partial charge on any atom is -0.460 e. The number of fused-ring (bicyclic) bond motifs is 12. The molecule has 0 bridgehead atoms. The molecular formula is C128H96N8O4Pt4. The third kappa shape index (κ3) is 19.6. The molecule has 16 heteroatoms. The first-order chi connectivity index (χ1) is 68.1. The molecular weight excluding hydrogens is 2490 g/mol. The summed E-state index contributed by atoms with van der Waals surface area (Å²) in [5.41, 5.74) is 38.3. The molecule has 20 aromatic rings. The summed E-state index contributed by atoms with van der Waals surface area (Å²) in [6, 6.07) is 138. The van der Waals surface area contributed by atoms with Crippen molar-refractivity contribution in [2.45, 2.75) is 105 Å². The largest absolute Gasteiger partial charge is 2.00 e. The Morgan fingerprint density at radius 3 is 0.938 bits per heavy atom. The molecule has 12 nitrogen and oxygen atoms in total. The molecule has 4 aliphatic rings. The van der Waals surface area contributed by atoms with Crippen molar-refractivity contribution in [2.75, 3.05) is 0 Å². The molecule has 144 heavy (non-hydrogen) atoms. The van der Waals surface area contributed by atoms with Crippen LogP contribution in [0.5, 0.6) is 46.5 Å². The number of rotatable bonds is 16. The normalized spacial score (nSPS) is 15.5. The average Bonchev–Trinajstić information content (AvgIpc) is 1.56. The van der Waals surface area contributed by atoms with Crippen molar-refractivity contribution >= 4 is 0 Å². The van der Waals surface area contributed by atoms with Crippen LogP contribution in [0.25, 0.3) is 89.0 Å². The van der Waals surface area contributed by atoms with E-state index in [1.807, 2.05) is 193 Å². The van der Waals surface area contributed by atoms with Crippen molar-refractivity contribution in [2.24, 2.45) is 0 Å². The van der Waals surface area contributed by atoms with Gasteiger partial charge in [0.05, 0.1) is 22.8 Å². The Kier molecular flexibility index (Phi) is 30.1. The van der Waals surface area contributed by atoms with Crippen molar-refractivity contribution in [3.63, 3.8) is 0 Å². The van der Waals surface area contributed by atoms with Crippen LogP contribution in [0.15, 0.2) is 365 Å². The van der Waals surface area contributed by atoms with Gasteiger partial charge in [0.2, 0.25) is 23.5 Å². The third-order valence-corrected chi connectivity index (χ3v) is 27.3. The van der Waals surface area contributed by atoms with Gasteiger partial charge in [-0.3, -0.25) is 19.9 Å². The van der Waals surface area contributed by atoms with Gasteiger partial charge in [0.15, 0.2) is 0 Å². The third-order valence-electron chi connectivity index (χ3n) is 27.3. The number of nitrogens with zero attached hydrogens (tertiary/aromatic N) is 8. The first-order valence-corrected chi connectivity index (χ1v) is 47.0. The molecule has 0 amide bonds. The smallest absolute Gasteiger partial charge is 0.460 e. The van der Waals surface area contributed by atoms with E-state index in [4.69, 9.17) is 38.9 Å². The van der Waals surface area contributed by atoms with E-state index >= 15 is 0 Å². The van der Waals surface area contributed by atoms with Gasteiger partial charge in [-0.05, 0) is 199 Å². The number of hydrogen-bond donors (Lipinski definition) is 0. The molecule has 0 spiro atoms. The zero-order chi connectivity index (χ0) is 96.0. The zero-order valence-electron chi connectivity index (χ0n) is 81.1. The van der Waals surface area contributed by atoms with Crippen molar-refractivity contribution in [3.8, 4) is 136 Å².